The van der Waals surface area contributed by atoms with Crippen molar-refractivity contribution in [2.45, 2.75) is 0 Å². The van der Waals surface area contributed by atoms with Crippen LogP contribution in [0.5, 0.6) is 0 Å². The Morgan fingerprint density at radius 2 is 2.00 bits per heavy atom. The number of hydrogen-bond donors (Lipinski definition) is 1. The Balaban J connectivity index is 2.50. The van der Waals surface area contributed by atoms with Gasteiger partial charge in [0.1, 0.15) is 0 Å². The monoisotopic (exact) mass is 148 g/mol. The Bertz CT molecular complexity index is 216. The van der Waals surface area contributed by atoms with Gasteiger partial charge in [-0.25, -0.2) is 0 Å². The van der Waals surface area contributed by atoms with Gasteiger partial charge in [-0.05, 0) is 5.56 Å². The Kier molecular flexibility index (Phi) is 3.35. The lowest BCUT2D eigenvalue weighted by Gasteiger charge is -1.89. The molecule has 1 rings (SSSR count). The molecule has 0 aromatic heterocycles. The topological polar surface area (TPSA) is 38.4 Å². The normalized spacial score (nSPS) is 10.6. The summed E-state index contributed by atoms with van der Waals surface area (Å²) in [5.41, 5.74) is 6.40. The molecule has 2 N–H and O–H groups in total. The second-order valence-corrected chi connectivity index (χ2v) is 2.23. The molecule has 0 atom stereocenters. The van der Waals surface area contributed by atoms with Crippen LogP contribution < -0.4 is 5.73 Å². The van der Waals surface area contributed by atoms with Crippen molar-refractivity contribution >= 4 is 6.21 Å². The zero-order valence-electron chi connectivity index (χ0n) is 6.40. The molecule has 0 saturated carbocycles. The van der Waals surface area contributed by atoms with Crippen molar-refractivity contribution in [2.24, 2.45) is 10.7 Å². The molecule has 0 fully saturated rings. The Hall–Kier alpha value is -1.15. The highest BCUT2D eigenvalue weighted by atomic mass is 14.7. The predicted octanol–water partition coefficient (Wildman–Crippen LogP) is 1.06. The summed E-state index contributed by atoms with van der Waals surface area (Å²) in [7, 11) is 0. The lowest BCUT2D eigenvalue weighted by atomic mass is 10.2. The number of nitrogens with two attached hydrogens (primary N) is 1. The van der Waals surface area contributed by atoms with Crippen molar-refractivity contribution < 1.29 is 0 Å². The van der Waals surface area contributed by atoms with Crippen LogP contribution >= 0.6 is 0 Å². The maximum absolute atomic E-state index is 5.28. The Morgan fingerprint density at radius 3 is 2.64 bits per heavy atom. The summed E-state index contributed by atoms with van der Waals surface area (Å²) in [6.07, 6.45) is 1.84. The van der Waals surface area contributed by atoms with Gasteiger partial charge in [-0.1, -0.05) is 30.3 Å². The maximum atomic E-state index is 5.28. The van der Waals surface area contributed by atoms with Crippen molar-refractivity contribution in [2.75, 3.05) is 13.1 Å². The molecule has 0 aliphatic heterocycles. The van der Waals surface area contributed by atoms with E-state index in [1.165, 1.54) is 0 Å². The fourth-order valence-corrected chi connectivity index (χ4v) is 0.784. The molecule has 2 heteroatoms. The number of aliphatic imine (C=N–C) groups is 1. The molecule has 1 aromatic rings. The van der Waals surface area contributed by atoms with E-state index in [0.717, 1.165) is 5.56 Å². The molecule has 0 unspecified atom stereocenters. The lowest BCUT2D eigenvalue weighted by Crippen LogP contribution is -2.02. The second-order valence-electron chi connectivity index (χ2n) is 2.23. The average Bonchev–Trinajstić information content (AvgIpc) is 2.07. The van der Waals surface area contributed by atoms with Crippen LogP contribution in [-0.2, 0) is 0 Å². The number of nitrogens with zero attached hydrogens (tertiary/aromatic N) is 1. The molecule has 2 nitrogen and oxygen atoms in total. The molecule has 0 spiro atoms. The largest absolute Gasteiger partial charge is 0.329 e. The highest BCUT2D eigenvalue weighted by Crippen LogP contribution is 1.93. The summed E-state index contributed by atoms with van der Waals surface area (Å²) in [5, 5.41) is 0. The van der Waals surface area contributed by atoms with Crippen molar-refractivity contribution in [1.82, 2.24) is 0 Å². The van der Waals surface area contributed by atoms with E-state index in [2.05, 4.69) is 4.99 Å². The van der Waals surface area contributed by atoms with Crippen molar-refractivity contribution in [3.05, 3.63) is 35.9 Å². The summed E-state index contributed by atoms with van der Waals surface area (Å²) < 4.78 is 0. The summed E-state index contributed by atoms with van der Waals surface area (Å²) in [6, 6.07) is 9.99. The van der Waals surface area contributed by atoms with E-state index in [1.54, 1.807) is 0 Å². The van der Waals surface area contributed by atoms with Gasteiger partial charge >= 0.3 is 0 Å². The van der Waals surface area contributed by atoms with Crippen LogP contribution in [0, 0.1) is 0 Å². The van der Waals surface area contributed by atoms with Crippen LogP contribution in [0.15, 0.2) is 35.3 Å². The van der Waals surface area contributed by atoms with Crippen molar-refractivity contribution in [3.63, 3.8) is 0 Å². The first-order valence-electron chi connectivity index (χ1n) is 3.68. The van der Waals surface area contributed by atoms with Crippen LogP contribution in [0.4, 0.5) is 0 Å². The van der Waals surface area contributed by atoms with Crippen molar-refractivity contribution in [3.8, 4) is 0 Å². The molecule has 1 aromatic carbocycles. The first kappa shape index (κ1) is 7.95. The third-order valence-electron chi connectivity index (χ3n) is 1.30. The highest BCUT2D eigenvalue weighted by Gasteiger charge is 1.81. The van der Waals surface area contributed by atoms with Gasteiger partial charge in [-0.2, -0.15) is 0 Å². The molecule has 0 bridgehead atoms. The molecule has 0 radical (unpaired) electrons. The predicted molar refractivity (Wildman–Crippen MR) is 48.0 cm³/mol. The molecule has 0 heterocycles. The van der Waals surface area contributed by atoms with E-state index in [0.29, 0.717) is 13.1 Å². The zero-order chi connectivity index (χ0) is 7.94. The summed E-state index contributed by atoms with van der Waals surface area (Å²) >= 11 is 0. The fourth-order valence-electron chi connectivity index (χ4n) is 0.784. The van der Waals surface area contributed by atoms with Gasteiger partial charge in [0, 0.05) is 12.8 Å². The van der Waals surface area contributed by atoms with Gasteiger partial charge in [0.05, 0.1) is 6.54 Å². The molecule has 0 aliphatic carbocycles. The van der Waals surface area contributed by atoms with Crippen LogP contribution in [0.25, 0.3) is 0 Å². The number of rotatable bonds is 3. The third kappa shape index (κ3) is 2.96. The minimum atomic E-state index is 0.614. The second kappa shape index (κ2) is 4.63. The van der Waals surface area contributed by atoms with Crippen LogP contribution in [0.1, 0.15) is 5.56 Å². The van der Waals surface area contributed by atoms with Gasteiger partial charge in [0.2, 0.25) is 0 Å². The first-order chi connectivity index (χ1) is 5.43. The molecular weight excluding hydrogens is 136 g/mol. The summed E-state index contributed by atoms with van der Waals surface area (Å²) in [4.78, 5) is 4.11. The fraction of sp³-hybridized carbons (Fsp3) is 0.222. The van der Waals surface area contributed by atoms with Gasteiger partial charge in [-0.15, -0.1) is 0 Å². The smallest absolute Gasteiger partial charge is 0.0512 e. The summed E-state index contributed by atoms with van der Waals surface area (Å²) in [6.45, 7) is 1.32. The quantitative estimate of drug-likeness (QED) is 0.639. The number of benzene rings is 1. The molecule has 11 heavy (non-hydrogen) atoms. The molecule has 0 amide bonds. The van der Waals surface area contributed by atoms with Gasteiger partial charge in [0.15, 0.2) is 0 Å². The first-order valence-corrected chi connectivity index (χ1v) is 3.68. The third-order valence-corrected chi connectivity index (χ3v) is 1.30. The maximum Gasteiger partial charge on any atom is 0.0512 e. The van der Waals surface area contributed by atoms with Crippen LogP contribution in [-0.4, -0.2) is 19.3 Å². The van der Waals surface area contributed by atoms with E-state index in [-0.39, 0.29) is 0 Å². The molecule has 0 saturated heterocycles. The van der Waals surface area contributed by atoms with Gasteiger partial charge < -0.3 is 5.73 Å². The molecule has 58 valence electrons. The summed E-state index contributed by atoms with van der Waals surface area (Å²) in [5.74, 6) is 0. The highest BCUT2D eigenvalue weighted by molar-refractivity contribution is 5.79. The van der Waals surface area contributed by atoms with E-state index >= 15 is 0 Å². The minimum Gasteiger partial charge on any atom is -0.329 e. The lowest BCUT2D eigenvalue weighted by molar-refractivity contribution is 0.981. The molecule has 0 aliphatic rings. The number of hydrogen-bond acceptors (Lipinski definition) is 2. The van der Waals surface area contributed by atoms with Crippen LogP contribution in [0.3, 0.4) is 0 Å². The standard InChI is InChI=1S/C9H12N2/c10-6-7-11-8-9-4-2-1-3-5-9/h1-5,8H,6-7,10H2/b11-8+. The van der Waals surface area contributed by atoms with E-state index in [9.17, 15) is 0 Å². The van der Waals surface area contributed by atoms with E-state index in [1.807, 2.05) is 36.5 Å². The van der Waals surface area contributed by atoms with Gasteiger partial charge in [-0.3, -0.25) is 4.99 Å². The van der Waals surface area contributed by atoms with E-state index in [4.69, 9.17) is 5.73 Å². The van der Waals surface area contributed by atoms with E-state index < -0.39 is 0 Å². The van der Waals surface area contributed by atoms with Crippen molar-refractivity contribution in [1.29, 1.82) is 0 Å². The van der Waals surface area contributed by atoms with Crippen LogP contribution in [0.2, 0.25) is 0 Å². The van der Waals surface area contributed by atoms with Gasteiger partial charge in [0.25, 0.3) is 0 Å². The zero-order valence-corrected chi connectivity index (χ0v) is 6.40. The molecular formula is C9H12N2. The average molecular weight is 148 g/mol. The minimum absolute atomic E-state index is 0.614. The SMILES string of the molecule is NCC/N=C/c1ccccc1. The Morgan fingerprint density at radius 1 is 1.27 bits per heavy atom. The Labute approximate surface area is 66.8 Å².